The molecule has 0 aromatic heterocycles. The maximum absolute atomic E-state index is 13.1. The minimum atomic E-state index is -0.0309. The zero-order valence-corrected chi connectivity index (χ0v) is 18.4. The Labute approximate surface area is 182 Å². The van der Waals surface area contributed by atoms with Crippen LogP contribution in [-0.4, -0.2) is 36.7 Å². The standard InChI is InChI=1S/C24H26N2O3S/c1-5-10-18-14-17(15-20(28-3)22(18)29-4)16-21-23(27)26(13-6-2)24(30-21)25-19-11-8-7-9-12-19/h5,7-9,11-12,14-16H,1,6,10,13H2,2-4H3/b21-16+,25-24?. The van der Waals surface area contributed by atoms with E-state index in [2.05, 4.69) is 13.5 Å². The van der Waals surface area contributed by atoms with Crippen LogP contribution >= 0.6 is 11.8 Å². The molecule has 30 heavy (non-hydrogen) atoms. The normalized spacial score (nSPS) is 16.4. The van der Waals surface area contributed by atoms with E-state index < -0.39 is 0 Å². The molecular weight excluding hydrogens is 396 g/mol. The molecule has 5 nitrogen and oxygen atoms in total. The zero-order chi connectivity index (χ0) is 21.5. The Kier molecular flexibility index (Phi) is 7.36. The molecular formula is C24H26N2O3S. The predicted molar refractivity (Wildman–Crippen MR) is 125 cm³/mol. The molecule has 0 N–H and O–H groups in total. The molecule has 1 amide bonds. The average molecular weight is 423 g/mol. The van der Waals surface area contributed by atoms with Crippen LogP contribution in [-0.2, 0) is 11.2 Å². The Morgan fingerprint density at radius 2 is 1.93 bits per heavy atom. The predicted octanol–water partition coefficient (Wildman–Crippen LogP) is 5.45. The minimum Gasteiger partial charge on any atom is -0.493 e. The van der Waals surface area contributed by atoms with Crippen molar-refractivity contribution >= 4 is 34.6 Å². The van der Waals surface area contributed by atoms with Crippen LogP contribution in [0.2, 0.25) is 0 Å². The molecule has 2 aromatic carbocycles. The number of nitrogens with zero attached hydrogens (tertiary/aromatic N) is 2. The molecule has 0 unspecified atom stereocenters. The number of thioether (sulfide) groups is 1. The van der Waals surface area contributed by atoms with E-state index in [0.29, 0.717) is 34.5 Å². The van der Waals surface area contributed by atoms with E-state index in [9.17, 15) is 4.79 Å². The second kappa shape index (κ2) is 10.2. The number of carbonyl (C=O) groups is 1. The first-order valence-electron chi connectivity index (χ1n) is 9.82. The van der Waals surface area contributed by atoms with E-state index in [-0.39, 0.29) is 5.91 Å². The van der Waals surface area contributed by atoms with Gasteiger partial charge in [-0.15, -0.1) is 6.58 Å². The van der Waals surface area contributed by atoms with Gasteiger partial charge in [-0.2, -0.15) is 0 Å². The lowest BCUT2D eigenvalue weighted by Crippen LogP contribution is -2.29. The van der Waals surface area contributed by atoms with Crippen molar-refractivity contribution in [3.05, 3.63) is 71.2 Å². The van der Waals surface area contributed by atoms with Crippen molar-refractivity contribution in [1.82, 2.24) is 4.90 Å². The summed E-state index contributed by atoms with van der Waals surface area (Å²) in [4.78, 5) is 20.1. The average Bonchev–Trinajstić information content (AvgIpc) is 3.03. The number of para-hydroxylation sites is 1. The number of amides is 1. The van der Waals surface area contributed by atoms with Crippen LogP contribution in [0, 0.1) is 0 Å². The molecule has 0 aliphatic carbocycles. The Bertz CT molecular complexity index is 983. The third-order valence-electron chi connectivity index (χ3n) is 4.56. The van der Waals surface area contributed by atoms with E-state index >= 15 is 0 Å². The number of hydrogen-bond acceptors (Lipinski definition) is 5. The summed E-state index contributed by atoms with van der Waals surface area (Å²) in [5, 5.41) is 0.700. The smallest absolute Gasteiger partial charge is 0.266 e. The fraction of sp³-hybridized carbons (Fsp3) is 0.250. The highest BCUT2D eigenvalue weighted by molar-refractivity contribution is 8.18. The summed E-state index contributed by atoms with van der Waals surface area (Å²) in [6.07, 6.45) is 5.20. The Hall–Kier alpha value is -2.99. The summed E-state index contributed by atoms with van der Waals surface area (Å²) in [5.74, 6) is 1.28. The number of amidine groups is 1. The molecule has 3 rings (SSSR count). The SMILES string of the molecule is C=CCc1cc(/C=C2/SC(=Nc3ccccc3)N(CCC)C2=O)cc(OC)c1OC. The van der Waals surface area contributed by atoms with Gasteiger partial charge in [0, 0.05) is 12.1 Å². The molecule has 1 fully saturated rings. The van der Waals surface area contributed by atoms with Gasteiger partial charge in [-0.1, -0.05) is 31.2 Å². The first kappa shape index (κ1) is 21.7. The van der Waals surface area contributed by atoms with E-state index in [1.165, 1.54) is 11.8 Å². The minimum absolute atomic E-state index is 0.0309. The van der Waals surface area contributed by atoms with Gasteiger partial charge >= 0.3 is 0 Å². The molecule has 1 aliphatic rings. The number of hydrogen-bond donors (Lipinski definition) is 0. The summed E-state index contributed by atoms with van der Waals surface area (Å²) in [7, 11) is 3.23. The fourth-order valence-corrected chi connectivity index (χ4v) is 4.26. The number of carbonyl (C=O) groups excluding carboxylic acids is 1. The van der Waals surface area contributed by atoms with Crippen LogP contribution in [0.5, 0.6) is 11.5 Å². The summed E-state index contributed by atoms with van der Waals surface area (Å²) in [6, 6.07) is 13.6. The molecule has 6 heteroatoms. The summed E-state index contributed by atoms with van der Waals surface area (Å²) < 4.78 is 11.0. The molecule has 0 radical (unpaired) electrons. The molecule has 156 valence electrons. The third-order valence-corrected chi connectivity index (χ3v) is 5.56. The highest BCUT2D eigenvalue weighted by Gasteiger charge is 2.32. The van der Waals surface area contributed by atoms with Crippen molar-refractivity contribution in [3.63, 3.8) is 0 Å². The van der Waals surface area contributed by atoms with Crippen molar-refractivity contribution in [2.45, 2.75) is 19.8 Å². The highest BCUT2D eigenvalue weighted by Crippen LogP contribution is 2.37. The van der Waals surface area contributed by atoms with Crippen molar-refractivity contribution < 1.29 is 14.3 Å². The quantitative estimate of drug-likeness (QED) is 0.419. The molecule has 0 spiro atoms. The van der Waals surface area contributed by atoms with Crippen LogP contribution in [0.15, 0.2) is 65.0 Å². The monoisotopic (exact) mass is 422 g/mol. The van der Waals surface area contributed by atoms with Gasteiger partial charge in [0.05, 0.1) is 24.8 Å². The number of methoxy groups -OCH3 is 2. The first-order valence-corrected chi connectivity index (χ1v) is 10.6. The summed E-state index contributed by atoms with van der Waals surface area (Å²) in [5.41, 5.74) is 2.66. The molecule has 1 aliphatic heterocycles. The van der Waals surface area contributed by atoms with Gasteiger partial charge in [-0.25, -0.2) is 4.99 Å². The number of rotatable bonds is 8. The third kappa shape index (κ3) is 4.76. The molecule has 0 saturated carbocycles. The Morgan fingerprint density at radius 1 is 1.17 bits per heavy atom. The highest BCUT2D eigenvalue weighted by atomic mass is 32.2. The van der Waals surface area contributed by atoms with Crippen molar-refractivity contribution in [3.8, 4) is 11.5 Å². The van der Waals surface area contributed by atoms with E-state index in [4.69, 9.17) is 14.5 Å². The number of benzene rings is 2. The molecule has 1 heterocycles. The molecule has 1 saturated heterocycles. The van der Waals surface area contributed by atoms with Crippen LogP contribution in [0.3, 0.4) is 0 Å². The van der Waals surface area contributed by atoms with Crippen LogP contribution in [0.1, 0.15) is 24.5 Å². The van der Waals surface area contributed by atoms with Gasteiger partial charge in [0.2, 0.25) is 0 Å². The summed E-state index contributed by atoms with van der Waals surface area (Å²) in [6.45, 7) is 6.50. The van der Waals surface area contributed by atoms with Crippen molar-refractivity contribution in [1.29, 1.82) is 0 Å². The van der Waals surface area contributed by atoms with Gasteiger partial charge in [0.25, 0.3) is 5.91 Å². The van der Waals surface area contributed by atoms with Crippen molar-refractivity contribution in [2.24, 2.45) is 4.99 Å². The fourth-order valence-electron chi connectivity index (χ4n) is 3.23. The van der Waals surface area contributed by atoms with E-state index in [0.717, 1.165) is 23.2 Å². The first-order chi connectivity index (χ1) is 14.6. The van der Waals surface area contributed by atoms with Crippen molar-refractivity contribution in [2.75, 3.05) is 20.8 Å². The number of allylic oxidation sites excluding steroid dienone is 1. The lowest BCUT2D eigenvalue weighted by Gasteiger charge is -2.14. The zero-order valence-electron chi connectivity index (χ0n) is 17.6. The second-order valence-corrected chi connectivity index (χ2v) is 7.71. The number of aliphatic imine (C=N–C) groups is 1. The Balaban J connectivity index is 2.00. The maximum atomic E-state index is 13.1. The maximum Gasteiger partial charge on any atom is 0.266 e. The van der Waals surface area contributed by atoms with Gasteiger partial charge in [0.1, 0.15) is 0 Å². The van der Waals surface area contributed by atoms with Gasteiger partial charge in [-0.3, -0.25) is 9.69 Å². The largest absolute Gasteiger partial charge is 0.493 e. The number of ether oxygens (including phenoxy) is 2. The van der Waals surface area contributed by atoms with Gasteiger partial charge < -0.3 is 9.47 Å². The van der Waals surface area contributed by atoms with Crippen LogP contribution in [0.25, 0.3) is 6.08 Å². The van der Waals surface area contributed by atoms with Crippen LogP contribution in [0.4, 0.5) is 5.69 Å². The van der Waals surface area contributed by atoms with Gasteiger partial charge in [-0.05, 0) is 60.5 Å². The van der Waals surface area contributed by atoms with Gasteiger partial charge in [0.15, 0.2) is 16.7 Å². The molecule has 0 bridgehead atoms. The van der Waals surface area contributed by atoms with E-state index in [1.807, 2.05) is 54.6 Å². The Morgan fingerprint density at radius 3 is 2.57 bits per heavy atom. The molecule has 0 atom stereocenters. The lowest BCUT2D eigenvalue weighted by atomic mass is 10.0. The molecule has 2 aromatic rings. The summed E-state index contributed by atoms with van der Waals surface area (Å²) >= 11 is 1.39. The topological polar surface area (TPSA) is 51.1 Å². The second-order valence-electron chi connectivity index (χ2n) is 6.71. The van der Waals surface area contributed by atoms with E-state index in [1.54, 1.807) is 19.1 Å². The lowest BCUT2D eigenvalue weighted by molar-refractivity contribution is -0.122. The van der Waals surface area contributed by atoms with Crippen LogP contribution < -0.4 is 9.47 Å².